The maximum absolute atomic E-state index is 12.9. The maximum atomic E-state index is 12.9. The minimum atomic E-state index is -3.53. The Kier molecular flexibility index (Phi) is 6.51. The molecule has 8 heteroatoms. The lowest BCUT2D eigenvalue weighted by Gasteiger charge is -2.36. The van der Waals surface area contributed by atoms with Gasteiger partial charge in [-0.2, -0.15) is 4.31 Å². The number of carbonyl (C=O) groups is 1. The molecule has 1 aliphatic heterocycles. The number of nitrogens with zero attached hydrogens (tertiary/aromatic N) is 2. The molecular formula is C21H26ClN3O3S. The van der Waals surface area contributed by atoms with Gasteiger partial charge in [0.2, 0.25) is 15.9 Å². The zero-order valence-corrected chi connectivity index (χ0v) is 18.4. The molecule has 0 atom stereocenters. The molecule has 1 aliphatic rings. The van der Waals surface area contributed by atoms with E-state index in [9.17, 15) is 13.2 Å². The summed E-state index contributed by atoms with van der Waals surface area (Å²) in [4.78, 5) is 14.5. The fourth-order valence-electron chi connectivity index (χ4n) is 3.23. The molecule has 1 fully saturated rings. The highest BCUT2D eigenvalue weighted by Gasteiger charge is 2.30. The Morgan fingerprint density at radius 2 is 1.66 bits per heavy atom. The SMILES string of the molecule is Cc1ccc(S(=O)(=O)N2CCN(c3c(Cl)cccc3NC(=O)C(C)C)CC2)cc1. The molecule has 156 valence electrons. The van der Waals surface area contributed by atoms with Crippen molar-refractivity contribution in [2.45, 2.75) is 25.7 Å². The third-order valence-electron chi connectivity index (χ3n) is 4.98. The summed E-state index contributed by atoms with van der Waals surface area (Å²) in [5, 5.41) is 3.45. The predicted octanol–water partition coefficient (Wildman–Crippen LogP) is 3.75. The molecule has 0 unspecified atom stereocenters. The van der Waals surface area contributed by atoms with Crippen molar-refractivity contribution >= 4 is 38.9 Å². The van der Waals surface area contributed by atoms with Gasteiger partial charge in [0.25, 0.3) is 0 Å². The first kappa shape index (κ1) is 21.6. The van der Waals surface area contributed by atoms with Crippen LogP contribution >= 0.6 is 11.6 Å². The first-order valence-corrected chi connectivity index (χ1v) is 11.4. The molecule has 0 radical (unpaired) electrons. The highest BCUT2D eigenvalue weighted by Crippen LogP contribution is 2.35. The molecule has 6 nitrogen and oxygen atoms in total. The number of anilines is 2. The molecule has 1 saturated heterocycles. The van der Waals surface area contributed by atoms with Crippen molar-refractivity contribution in [1.82, 2.24) is 4.31 Å². The van der Waals surface area contributed by atoms with E-state index < -0.39 is 10.0 Å². The van der Waals surface area contributed by atoms with Crippen LogP contribution < -0.4 is 10.2 Å². The molecule has 0 aliphatic carbocycles. The number of para-hydroxylation sites is 1. The Morgan fingerprint density at radius 1 is 1.03 bits per heavy atom. The van der Waals surface area contributed by atoms with Gasteiger partial charge in [-0.05, 0) is 31.2 Å². The van der Waals surface area contributed by atoms with Crippen LogP contribution in [0.2, 0.25) is 5.02 Å². The summed E-state index contributed by atoms with van der Waals surface area (Å²) in [7, 11) is -3.53. The summed E-state index contributed by atoms with van der Waals surface area (Å²) in [5.74, 6) is -0.243. The molecule has 1 amide bonds. The molecule has 29 heavy (non-hydrogen) atoms. The van der Waals surface area contributed by atoms with Crippen LogP contribution in [-0.4, -0.2) is 44.8 Å². The summed E-state index contributed by atoms with van der Waals surface area (Å²) in [5.41, 5.74) is 2.39. The molecule has 0 saturated carbocycles. The van der Waals surface area contributed by atoms with E-state index in [0.29, 0.717) is 41.8 Å². The number of amides is 1. The van der Waals surface area contributed by atoms with Gasteiger partial charge in [-0.25, -0.2) is 8.42 Å². The highest BCUT2D eigenvalue weighted by atomic mass is 35.5. The van der Waals surface area contributed by atoms with Crippen LogP contribution in [0, 0.1) is 12.8 Å². The number of carbonyl (C=O) groups excluding carboxylic acids is 1. The summed E-state index contributed by atoms with van der Waals surface area (Å²) < 4.78 is 27.3. The van der Waals surface area contributed by atoms with Crippen molar-refractivity contribution in [2.24, 2.45) is 5.92 Å². The number of hydrogen-bond acceptors (Lipinski definition) is 4. The number of piperazine rings is 1. The molecule has 0 spiro atoms. The van der Waals surface area contributed by atoms with Crippen LogP contribution in [0.3, 0.4) is 0 Å². The van der Waals surface area contributed by atoms with Crippen LogP contribution in [0.4, 0.5) is 11.4 Å². The minimum absolute atomic E-state index is 0.0888. The number of nitrogens with one attached hydrogen (secondary N) is 1. The predicted molar refractivity (Wildman–Crippen MR) is 117 cm³/mol. The number of benzene rings is 2. The fraction of sp³-hybridized carbons (Fsp3) is 0.381. The number of sulfonamides is 1. The molecule has 2 aromatic rings. The number of halogens is 1. The highest BCUT2D eigenvalue weighted by molar-refractivity contribution is 7.89. The van der Waals surface area contributed by atoms with Gasteiger partial charge >= 0.3 is 0 Å². The standard InChI is InChI=1S/C21H26ClN3O3S/c1-15(2)21(26)23-19-6-4-5-18(22)20(19)24-11-13-25(14-12-24)29(27,28)17-9-7-16(3)8-10-17/h4-10,15H,11-14H2,1-3H3,(H,23,26). The molecule has 3 rings (SSSR count). The van der Waals surface area contributed by atoms with Crippen LogP contribution in [0.25, 0.3) is 0 Å². The van der Waals surface area contributed by atoms with E-state index in [0.717, 1.165) is 11.3 Å². The number of rotatable bonds is 5. The summed E-state index contributed by atoms with van der Waals surface area (Å²) >= 11 is 6.44. The second kappa shape index (κ2) is 8.73. The summed E-state index contributed by atoms with van der Waals surface area (Å²) in [6, 6.07) is 12.3. The molecule has 0 bridgehead atoms. The van der Waals surface area contributed by atoms with Crippen molar-refractivity contribution < 1.29 is 13.2 Å². The van der Waals surface area contributed by atoms with Gasteiger partial charge in [-0.1, -0.05) is 49.2 Å². The van der Waals surface area contributed by atoms with Gasteiger partial charge in [-0.3, -0.25) is 4.79 Å². The lowest BCUT2D eigenvalue weighted by molar-refractivity contribution is -0.118. The maximum Gasteiger partial charge on any atom is 0.243 e. The topological polar surface area (TPSA) is 69.7 Å². The number of aryl methyl sites for hydroxylation is 1. The fourth-order valence-corrected chi connectivity index (χ4v) is 4.94. The Morgan fingerprint density at radius 3 is 2.24 bits per heavy atom. The average Bonchev–Trinajstić information content (AvgIpc) is 2.68. The Labute approximate surface area is 177 Å². The monoisotopic (exact) mass is 435 g/mol. The number of hydrogen-bond donors (Lipinski definition) is 1. The zero-order valence-electron chi connectivity index (χ0n) is 16.9. The van der Waals surface area contributed by atoms with Crippen LogP contribution in [-0.2, 0) is 14.8 Å². The smallest absolute Gasteiger partial charge is 0.243 e. The normalized spacial score (nSPS) is 15.6. The van der Waals surface area contributed by atoms with Crippen LogP contribution in [0.5, 0.6) is 0 Å². The largest absolute Gasteiger partial charge is 0.366 e. The van der Waals surface area contributed by atoms with Crippen molar-refractivity contribution in [3.63, 3.8) is 0 Å². The Bertz CT molecular complexity index is 983. The van der Waals surface area contributed by atoms with Crippen molar-refractivity contribution in [3.8, 4) is 0 Å². The Balaban J connectivity index is 1.77. The van der Waals surface area contributed by atoms with E-state index in [2.05, 4.69) is 5.32 Å². The minimum Gasteiger partial charge on any atom is -0.366 e. The van der Waals surface area contributed by atoms with E-state index >= 15 is 0 Å². The van der Waals surface area contributed by atoms with E-state index in [1.54, 1.807) is 36.4 Å². The molecule has 1 heterocycles. The van der Waals surface area contributed by atoms with Gasteiger partial charge in [-0.15, -0.1) is 0 Å². The van der Waals surface area contributed by atoms with E-state index in [1.165, 1.54) is 4.31 Å². The van der Waals surface area contributed by atoms with E-state index in [1.807, 2.05) is 31.7 Å². The molecule has 2 aromatic carbocycles. The molecule has 0 aromatic heterocycles. The second-order valence-corrected chi connectivity index (χ2v) is 9.83. The average molecular weight is 436 g/mol. The summed E-state index contributed by atoms with van der Waals surface area (Å²) in [6.45, 7) is 7.24. The molecule has 1 N–H and O–H groups in total. The third kappa shape index (κ3) is 4.74. The Hall–Kier alpha value is -2.09. The first-order valence-electron chi connectivity index (χ1n) is 9.61. The summed E-state index contributed by atoms with van der Waals surface area (Å²) in [6.07, 6.45) is 0. The van der Waals surface area contributed by atoms with Gasteiger partial charge < -0.3 is 10.2 Å². The van der Waals surface area contributed by atoms with Crippen LogP contribution in [0.15, 0.2) is 47.4 Å². The quantitative estimate of drug-likeness (QED) is 0.776. The van der Waals surface area contributed by atoms with Gasteiger partial charge in [0.05, 0.1) is 21.3 Å². The van der Waals surface area contributed by atoms with Gasteiger partial charge in [0.1, 0.15) is 0 Å². The zero-order chi connectivity index (χ0) is 21.2. The molecular weight excluding hydrogens is 410 g/mol. The lowest BCUT2D eigenvalue weighted by Crippen LogP contribution is -2.49. The second-order valence-electron chi connectivity index (χ2n) is 7.48. The lowest BCUT2D eigenvalue weighted by atomic mass is 10.1. The van der Waals surface area contributed by atoms with Crippen molar-refractivity contribution in [3.05, 3.63) is 53.1 Å². The van der Waals surface area contributed by atoms with Gasteiger partial charge in [0, 0.05) is 32.1 Å². The first-order chi connectivity index (χ1) is 13.7. The van der Waals surface area contributed by atoms with Crippen LogP contribution in [0.1, 0.15) is 19.4 Å². The van der Waals surface area contributed by atoms with Crippen molar-refractivity contribution in [2.75, 3.05) is 36.4 Å². The third-order valence-corrected chi connectivity index (χ3v) is 7.20. The van der Waals surface area contributed by atoms with Gasteiger partial charge in [0.15, 0.2) is 0 Å². The van der Waals surface area contributed by atoms with E-state index in [4.69, 9.17) is 11.6 Å². The van der Waals surface area contributed by atoms with E-state index in [-0.39, 0.29) is 11.8 Å². The van der Waals surface area contributed by atoms with Crippen molar-refractivity contribution in [1.29, 1.82) is 0 Å².